The first-order valence-corrected chi connectivity index (χ1v) is 3.69. The second kappa shape index (κ2) is 3.80. The maximum atomic E-state index is 10.6. The number of benzene rings is 1. The summed E-state index contributed by atoms with van der Waals surface area (Å²) in [4.78, 5) is 10.6. The van der Waals surface area contributed by atoms with Crippen LogP contribution in [0.4, 0.5) is 5.69 Å². The van der Waals surface area contributed by atoms with Gasteiger partial charge < -0.3 is 15.2 Å². The summed E-state index contributed by atoms with van der Waals surface area (Å²) < 4.78 is 9.93. The first-order valence-electron chi connectivity index (χ1n) is 3.69. The van der Waals surface area contributed by atoms with Crippen LogP contribution in [0.5, 0.6) is 11.5 Å². The molecular formula is C9H11NO3. The van der Waals surface area contributed by atoms with E-state index >= 15 is 0 Å². The van der Waals surface area contributed by atoms with E-state index < -0.39 is 0 Å². The van der Waals surface area contributed by atoms with Gasteiger partial charge in [-0.15, -0.1) is 0 Å². The number of nitrogen functional groups attached to an aromatic ring is 1. The van der Waals surface area contributed by atoms with Crippen molar-refractivity contribution in [3.8, 4) is 11.5 Å². The zero-order valence-electron chi connectivity index (χ0n) is 7.53. The summed E-state index contributed by atoms with van der Waals surface area (Å²) >= 11 is 0. The van der Waals surface area contributed by atoms with Gasteiger partial charge in [-0.3, -0.25) is 4.79 Å². The zero-order chi connectivity index (χ0) is 9.84. The van der Waals surface area contributed by atoms with E-state index in [1.54, 1.807) is 12.1 Å². The van der Waals surface area contributed by atoms with Crippen molar-refractivity contribution >= 4 is 12.0 Å². The Balaban J connectivity index is 3.28. The third kappa shape index (κ3) is 1.72. The molecule has 0 fully saturated rings. The van der Waals surface area contributed by atoms with E-state index in [1.807, 2.05) is 0 Å². The molecule has 0 aliphatic carbocycles. The molecule has 0 amide bonds. The van der Waals surface area contributed by atoms with Crippen LogP contribution in [0.25, 0.3) is 0 Å². The number of hydrogen-bond donors (Lipinski definition) is 1. The lowest BCUT2D eigenvalue weighted by Gasteiger charge is -2.08. The lowest BCUT2D eigenvalue weighted by Crippen LogP contribution is -1.98. The van der Waals surface area contributed by atoms with Gasteiger partial charge in [-0.1, -0.05) is 0 Å². The normalized spacial score (nSPS) is 9.38. The minimum Gasteiger partial charge on any atom is -0.497 e. The number of hydrogen-bond acceptors (Lipinski definition) is 4. The standard InChI is InChI=1S/C9H11NO3/c1-12-7-3-6(5-11)9(10)8(4-7)13-2/h3-5H,10H2,1-2H3. The Morgan fingerprint density at radius 1 is 1.31 bits per heavy atom. The lowest BCUT2D eigenvalue weighted by molar-refractivity contribution is 0.112. The van der Waals surface area contributed by atoms with Crippen molar-refractivity contribution in [3.63, 3.8) is 0 Å². The molecule has 0 radical (unpaired) electrons. The number of carbonyl (C=O) groups is 1. The summed E-state index contributed by atoms with van der Waals surface area (Å²) in [6.45, 7) is 0. The molecule has 1 rings (SSSR count). The number of anilines is 1. The topological polar surface area (TPSA) is 61.5 Å². The third-order valence-electron chi connectivity index (χ3n) is 1.73. The summed E-state index contributed by atoms with van der Waals surface area (Å²) in [5, 5.41) is 0. The quantitative estimate of drug-likeness (QED) is 0.560. The van der Waals surface area contributed by atoms with E-state index in [1.165, 1.54) is 14.2 Å². The number of methoxy groups -OCH3 is 2. The van der Waals surface area contributed by atoms with E-state index in [2.05, 4.69) is 0 Å². The third-order valence-corrected chi connectivity index (χ3v) is 1.73. The second-order valence-corrected chi connectivity index (χ2v) is 2.45. The van der Waals surface area contributed by atoms with Gasteiger partial charge in [-0.25, -0.2) is 0 Å². The molecule has 2 N–H and O–H groups in total. The highest BCUT2D eigenvalue weighted by Gasteiger charge is 2.07. The van der Waals surface area contributed by atoms with E-state index in [4.69, 9.17) is 15.2 Å². The summed E-state index contributed by atoms with van der Waals surface area (Å²) in [7, 11) is 3.00. The van der Waals surface area contributed by atoms with Crippen molar-refractivity contribution in [1.29, 1.82) is 0 Å². The smallest absolute Gasteiger partial charge is 0.152 e. The Labute approximate surface area is 76.3 Å². The van der Waals surface area contributed by atoms with Crippen LogP contribution in [0.1, 0.15) is 10.4 Å². The van der Waals surface area contributed by atoms with Gasteiger partial charge in [0.25, 0.3) is 0 Å². The highest BCUT2D eigenvalue weighted by molar-refractivity contribution is 5.86. The number of rotatable bonds is 3. The highest BCUT2D eigenvalue weighted by atomic mass is 16.5. The highest BCUT2D eigenvalue weighted by Crippen LogP contribution is 2.29. The molecule has 0 saturated heterocycles. The Bertz CT molecular complexity index is 323. The van der Waals surface area contributed by atoms with Gasteiger partial charge in [0.15, 0.2) is 6.29 Å². The molecule has 13 heavy (non-hydrogen) atoms. The summed E-state index contributed by atoms with van der Waals surface area (Å²) in [6, 6.07) is 3.19. The van der Waals surface area contributed by atoms with Crippen LogP contribution in [-0.4, -0.2) is 20.5 Å². The zero-order valence-corrected chi connectivity index (χ0v) is 7.53. The van der Waals surface area contributed by atoms with E-state index in [-0.39, 0.29) is 0 Å². The van der Waals surface area contributed by atoms with Gasteiger partial charge in [-0.05, 0) is 6.07 Å². The van der Waals surface area contributed by atoms with Crippen molar-refractivity contribution in [1.82, 2.24) is 0 Å². The average Bonchev–Trinajstić information content (AvgIpc) is 2.18. The minimum atomic E-state index is 0.332. The fraction of sp³-hybridized carbons (Fsp3) is 0.222. The van der Waals surface area contributed by atoms with Gasteiger partial charge in [-0.2, -0.15) is 0 Å². The van der Waals surface area contributed by atoms with Crippen molar-refractivity contribution < 1.29 is 14.3 Å². The molecule has 0 aromatic heterocycles. The second-order valence-electron chi connectivity index (χ2n) is 2.45. The fourth-order valence-corrected chi connectivity index (χ4v) is 1.01. The predicted molar refractivity (Wildman–Crippen MR) is 49.3 cm³/mol. The lowest BCUT2D eigenvalue weighted by atomic mass is 10.1. The SMILES string of the molecule is COc1cc(C=O)c(N)c(OC)c1. The largest absolute Gasteiger partial charge is 0.497 e. The first kappa shape index (κ1) is 9.38. The van der Waals surface area contributed by atoms with Crippen LogP contribution in [0.3, 0.4) is 0 Å². The maximum Gasteiger partial charge on any atom is 0.152 e. The molecule has 0 unspecified atom stereocenters. The average molecular weight is 181 g/mol. The molecule has 1 aromatic carbocycles. The molecule has 1 aromatic rings. The molecule has 4 heteroatoms. The van der Waals surface area contributed by atoms with E-state index in [9.17, 15) is 4.79 Å². The summed E-state index contributed by atoms with van der Waals surface area (Å²) in [5.41, 5.74) is 6.32. The number of nitrogens with two attached hydrogens (primary N) is 1. The van der Waals surface area contributed by atoms with Crippen LogP contribution >= 0.6 is 0 Å². The molecular weight excluding hydrogens is 170 g/mol. The van der Waals surface area contributed by atoms with Gasteiger partial charge in [0.1, 0.15) is 11.5 Å². The van der Waals surface area contributed by atoms with Crippen LogP contribution in [0.2, 0.25) is 0 Å². The number of ether oxygens (including phenoxy) is 2. The molecule has 0 aliphatic rings. The number of carbonyl (C=O) groups excluding carboxylic acids is 1. The van der Waals surface area contributed by atoms with Crippen LogP contribution in [0, 0.1) is 0 Å². The van der Waals surface area contributed by atoms with Gasteiger partial charge in [0, 0.05) is 11.6 Å². The maximum absolute atomic E-state index is 10.6. The Kier molecular flexibility index (Phi) is 2.74. The molecule has 0 bridgehead atoms. The van der Waals surface area contributed by atoms with Gasteiger partial charge >= 0.3 is 0 Å². The van der Waals surface area contributed by atoms with Crippen molar-refractivity contribution in [2.75, 3.05) is 20.0 Å². The summed E-state index contributed by atoms with van der Waals surface area (Å²) in [5.74, 6) is 0.995. The molecule has 0 atom stereocenters. The monoisotopic (exact) mass is 181 g/mol. The number of aldehydes is 1. The van der Waals surface area contributed by atoms with E-state index in [0.717, 1.165) is 0 Å². The van der Waals surface area contributed by atoms with Crippen molar-refractivity contribution in [2.24, 2.45) is 0 Å². The molecule has 4 nitrogen and oxygen atoms in total. The van der Waals surface area contributed by atoms with E-state index in [0.29, 0.717) is 29.0 Å². The summed E-state index contributed by atoms with van der Waals surface area (Å²) in [6.07, 6.45) is 0.667. The molecule has 70 valence electrons. The molecule has 0 saturated carbocycles. The fourth-order valence-electron chi connectivity index (χ4n) is 1.01. The van der Waals surface area contributed by atoms with Gasteiger partial charge in [0.05, 0.1) is 19.9 Å². The van der Waals surface area contributed by atoms with Crippen LogP contribution in [-0.2, 0) is 0 Å². The Morgan fingerprint density at radius 3 is 2.46 bits per heavy atom. The predicted octanol–water partition coefficient (Wildman–Crippen LogP) is 1.10. The minimum absolute atomic E-state index is 0.332. The molecule has 0 spiro atoms. The van der Waals surface area contributed by atoms with Crippen LogP contribution < -0.4 is 15.2 Å². The van der Waals surface area contributed by atoms with Crippen molar-refractivity contribution in [3.05, 3.63) is 17.7 Å². The Hall–Kier alpha value is -1.71. The molecule has 0 heterocycles. The van der Waals surface area contributed by atoms with Gasteiger partial charge in [0.2, 0.25) is 0 Å². The van der Waals surface area contributed by atoms with Crippen molar-refractivity contribution in [2.45, 2.75) is 0 Å². The van der Waals surface area contributed by atoms with Crippen LogP contribution in [0.15, 0.2) is 12.1 Å². The first-order chi connectivity index (χ1) is 6.22. The Morgan fingerprint density at radius 2 is 2.00 bits per heavy atom. The molecule has 0 aliphatic heterocycles.